The molecule has 1 aromatic heterocycles. The molecule has 2 aromatic rings. The number of aliphatic hydroxyl groups excluding tert-OH is 1. The van der Waals surface area contributed by atoms with Crippen molar-refractivity contribution in [1.82, 2.24) is 9.55 Å². The van der Waals surface area contributed by atoms with E-state index in [4.69, 9.17) is 0 Å². The summed E-state index contributed by atoms with van der Waals surface area (Å²) in [6.07, 6.45) is 3.59. The van der Waals surface area contributed by atoms with E-state index in [0.717, 1.165) is 17.9 Å². The van der Waals surface area contributed by atoms with Gasteiger partial charge in [-0.25, -0.2) is 4.98 Å². The molecule has 4 heteroatoms. The highest BCUT2D eigenvalue weighted by molar-refractivity contribution is 5.51. The fraction of sp³-hybridized carbons (Fsp3) is 0.357. The Kier molecular flexibility index (Phi) is 3.99. The topological polar surface area (TPSA) is 50.1 Å². The van der Waals surface area contributed by atoms with E-state index in [1.165, 1.54) is 5.56 Å². The van der Waals surface area contributed by atoms with Crippen molar-refractivity contribution in [2.75, 3.05) is 11.9 Å². The predicted molar refractivity (Wildman–Crippen MR) is 72.5 cm³/mol. The Balaban J connectivity index is 2.23. The molecule has 2 rings (SSSR count). The minimum atomic E-state index is -0.131. The van der Waals surface area contributed by atoms with Gasteiger partial charge in [-0.1, -0.05) is 18.2 Å². The van der Waals surface area contributed by atoms with Crippen molar-refractivity contribution in [1.29, 1.82) is 0 Å². The van der Waals surface area contributed by atoms with Gasteiger partial charge in [0.05, 0.1) is 30.9 Å². The molecule has 0 aliphatic rings. The Morgan fingerprint density at radius 1 is 1.39 bits per heavy atom. The number of para-hydroxylation sites is 1. The summed E-state index contributed by atoms with van der Waals surface area (Å²) in [6, 6.07) is 7.93. The number of aliphatic hydroxyl groups is 1. The fourth-order valence-corrected chi connectivity index (χ4v) is 2.02. The van der Waals surface area contributed by atoms with Gasteiger partial charge in [0, 0.05) is 12.2 Å². The molecule has 0 aliphatic carbocycles. The molecule has 0 aliphatic heterocycles. The molecule has 1 aromatic carbocycles. The monoisotopic (exact) mass is 245 g/mol. The van der Waals surface area contributed by atoms with E-state index in [1.807, 2.05) is 35.8 Å². The number of anilines is 1. The zero-order valence-electron chi connectivity index (χ0n) is 10.8. The molecular formula is C14H19N3O. The number of rotatable bonds is 5. The number of imidazole rings is 1. The van der Waals surface area contributed by atoms with Crippen molar-refractivity contribution in [3.05, 3.63) is 48.0 Å². The van der Waals surface area contributed by atoms with Gasteiger partial charge in [-0.15, -0.1) is 0 Å². The Labute approximate surface area is 107 Å². The highest BCUT2D eigenvalue weighted by Gasteiger charge is 2.15. The Hall–Kier alpha value is -1.81. The van der Waals surface area contributed by atoms with Gasteiger partial charge < -0.3 is 15.0 Å². The molecule has 0 bridgehead atoms. The smallest absolute Gasteiger partial charge is 0.0948 e. The number of hydrogen-bond donors (Lipinski definition) is 2. The number of benzene rings is 1. The van der Waals surface area contributed by atoms with Crippen LogP contribution >= 0.6 is 0 Å². The van der Waals surface area contributed by atoms with Crippen molar-refractivity contribution in [2.24, 2.45) is 0 Å². The minimum absolute atomic E-state index is 0.0417. The van der Waals surface area contributed by atoms with Gasteiger partial charge in [0.2, 0.25) is 0 Å². The van der Waals surface area contributed by atoms with Crippen molar-refractivity contribution in [3.63, 3.8) is 0 Å². The summed E-state index contributed by atoms with van der Waals surface area (Å²) in [6.45, 7) is 5.00. The molecule has 1 atom stereocenters. The van der Waals surface area contributed by atoms with E-state index in [9.17, 15) is 5.11 Å². The largest absolute Gasteiger partial charge is 0.394 e. The van der Waals surface area contributed by atoms with E-state index in [2.05, 4.69) is 17.2 Å². The van der Waals surface area contributed by atoms with Crippen LogP contribution in [0.15, 0.2) is 36.8 Å². The van der Waals surface area contributed by atoms with Gasteiger partial charge in [0.1, 0.15) is 0 Å². The molecule has 96 valence electrons. The van der Waals surface area contributed by atoms with E-state index < -0.39 is 0 Å². The van der Waals surface area contributed by atoms with E-state index in [0.29, 0.717) is 0 Å². The molecule has 2 N–H and O–H groups in total. The summed E-state index contributed by atoms with van der Waals surface area (Å²) in [5, 5.41) is 12.9. The average molecular weight is 245 g/mol. The second kappa shape index (κ2) is 5.69. The molecule has 0 saturated heterocycles. The third kappa shape index (κ3) is 2.54. The first-order valence-electron chi connectivity index (χ1n) is 6.19. The zero-order chi connectivity index (χ0) is 13.0. The predicted octanol–water partition coefficient (Wildman–Crippen LogP) is 2.36. The lowest BCUT2D eigenvalue weighted by Gasteiger charge is -2.20. The lowest BCUT2D eigenvalue weighted by Crippen LogP contribution is -2.18. The summed E-state index contributed by atoms with van der Waals surface area (Å²) >= 11 is 0. The lowest BCUT2D eigenvalue weighted by atomic mass is 10.1. The van der Waals surface area contributed by atoms with Crippen LogP contribution in [0.2, 0.25) is 0 Å². The second-order valence-corrected chi connectivity index (χ2v) is 4.30. The van der Waals surface area contributed by atoms with Crippen LogP contribution in [0.4, 0.5) is 5.69 Å². The second-order valence-electron chi connectivity index (χ2n) is 4.30. The molecule has 18 heavy (non-hydrogen) atoms. The highest BCUT2D eigenvalue weighted by Crippen LogP contribution is 2.21. The molecule has 0 fully saturated rings. The van der Waals surface area contributed by atoms with Gasteiger partial charge in [0.15, 0.2) is 0 Å². The maximum atomic E-state index is 9.57. The maximum absolute atomic E-state index is 9.57. The number of nitrogens with zero attached hydrogens (tertiary/aromatic N) is 2. The van der Waals surface area contributed by atoms with Crippen molar-refractivity contribution < 1.29 is 5.11 Å². The maximum Gasteiger partial charge on any atom is 0.0948 e. The summed E-state index contributed by atoms with van der Waals surface area (Å²) in [5.74, 6) is 0. The third-order valence-electron chi connectivity index (χ3n) is 3.10. The van der Waals surface area contributed by atoms with Gasteiger partial charge in [0.25, 0.3) is 0 Å². The summed E-state index contributed by atoms with van der Waals surface area (Å²) in [7, 11) is 0. The first-order chi connectivity index (χ1) is 8.76. The first kappa shape index (κ1) is 12.6. The Morgan fingerprint density at radius 2 is 2.17 bits per heavy atom. The van der Waals surface area contributed by atoms with Gasteiger partial charge in [-0.05, 0) is 25.5 Å². The van der Waals surface area contributed by atoms with Crippen LogP contribution in [-0.4, -0.2) is 21.3 Å². The Morgan fingerprint density at radius 3 is 2.83 bits per heavy atom. The van der Waals surface area contributed by atoms with E-state index >= 15 is 0 Å². The third-order valence-corrected chi connectivity index (χ3v) is 3.10. The molecule has 4 nitrogen and oxygen atoms in total. The molecule has 0 saturated carbocycles. The molecule has 1 unspecified atom stereocenters. The van der Waals surface area contributed by atoms with E-state index in [-0.39, 0.29) is 12.6 Å². The molecular weight excluding hydrogens is 226 g/mol. The van der Waals surface area contributed by atoms with Gasteiger partial charge in [-0.2, -0.15) is 0 Å². The summed E-state index contributed by atoms with van der Waals surface area (Å²) in [5.41, 5.74) is 3.21. The summed E-state index contributed by atoms with van der Waals surface area (Å²) < 4.78 is 2.03. The summed E-state index contributed by atoms with van der Waals surface area (Å²) in [4.78, 5) is 4.14. The van der Waals surface area contributed by atoms with Gasteiger partial charge >= 0.3 is 0 Å². The van der Waals surface area contributed by atoms with Crippen molar-refractivity contribution in [2.45, 2.75) is 26.4 Å². The van der Waals surface area contributed by atoms with Crippen LogP contribution in [0.3, 0.4) is 0 Å². The zero-order valence-corrected chi connectivity index (χ0v) is 10.8. The van der Waals surface area contributed by atoms with Crippen LogP contribution in [0, 0.1) is 6.92 Å². The standard InChI is InChI=1S/C14H19N3O/c1-3-17-10-15-8-14(17)13(9-18)16-12-7-5-4-6-11(12)2/h4-8,10,13,16,18H,3,9H2,1-2H3. The van der Waals surface area contributed by atoms with Crippen LogP contribution in [-0.2, 0) is 6.54 Å². The minimum Gasteiger partial charge on any atom is -0.394 e. The molecule has 1 heterocycles. The van der Waals surface area contributed by atoms with Crippen LogP contribution in [0.25, 0.3) is 0 Å². The molecule has 0 radical (unpaired) electrons. The number of nitrogens with one attached hydrogen (secondary N) is 1. The van der Waals surface area contributed by atoms with Crippen LogP contribution in [0.5, 0.6) is 0 Å². The van der Waals surface area contributed by atoms with E-state index in [1.54, 1.807) is 12.5 Å². The van der Waals surface area contributed by atoms with Gasteiger partial charge in [-0.3, -0.25) is 0 Å². The SMILES string of the molecule is CCn1cncc1C(CO)Nc1ccccc1C. The molecule has 0 amide bonds. The fourth-order valence-electron chi connectivity index (χ4n) is 2.02. The average Bonchev–Trinajstić information content (AvgIpc) is 2.86. The number of aryl methyl sites for hydroxylation is 2. The number of hydrogen-bond acceptors (Lipinski definition) is 3. The Bertz CT molecular complexity index is 507. The molecule has 0 spiro atoms. The first-order valence-corrected chi connectivity index (χ1v) is 6.19. The van der Waals surface area contributed by atoms with Crippen LogP contribution < -0.4 is 5.32 Å². The normalized spacial score (nSPS) is 12.4. The van der Waals surface area contributed by atoms with Crippen molar-refractivity contribution in [3.8, 4) is 0 Å². The lowest BCUT2D eigenvalue weighted by molar-refractivity contribution is 0.272. The quantitative estimate of drug-likeness (QED) is 0.850. The van der Waals surface area contributed by atoms with Crippen molar-refractivity contribution >= 4 is 5.69 Å². The number of aromatic nitrogens is 2. The van der Waals surface area contributed by atoms with Crippen LogP contribution in [0.1, 0.15) is 24.2 Å². The highest BCUT2D eigenvalue weighted by atomic mass is 16.3.